The van der Waals surface area contributed by atoms with Crippen molar-refractivity contribution in [3.8, 4) is 0 Å². The summed E-state index contributed by atoms with van der Waals surface area (Å²) in [5.41, 5.74) is 14.4. The quantitative estimate of drug-likeness (QED) is 0.839. The van der Waals surface area contributed by atoms with Crippen molar-refractivity contribution in [2.45, 2.75) is 64.3 Å². The molecule has 3 nitrogen and oxygen atoms in total. The molecule has 1 aromatic rings. The van der Waals surface area contributed by atoms with Gasteiger partial charge in [0.05, 0.1) is 0 Å². The van der Waals surface area contributed by atoms with E-state index in [4.69, 9.17) is 11.5 Å². The van der Waals surface area contributed by atoms with Crippen LogP contribution in [0.25, 0.3) is 0 Å². The highest BCUT2D eigenvalue weighted by molar-refractivity contribution is 5.74. The molecule has 116 valence electrons. The highest BCUT2D eigenvalue weighted by Gasteiger charge is 2.36. The highest BCUT2D eigenvalue weighted by atomic mass is 16.1. The molecule has 0 radical (unpaired) electrons. The molecule has 1 amide bonds. The number of carbonyl (C=O) groups excluding carboxylic acids is 1. The number of carbonyl (C=O) groups is 1. The normalized spacial score (nSPS) is 18.9. The van der Waals surface area contributed by atoms with Crippen LogP contribution in [0.2, 0.25) is 0 Å². The van der Waals surface area contributed by atoms with Crippen molar-refractivity contribution in [2.24, 2.45) is 16.9 Å². The Bertz CT molecular complexity index is 472. The summed E-state index contributed by atoms with van der Waals surface area (Å²) in [6.07, 6.45) is 5.86. The van der Waals surface area contributed by atoms with Crippen molar-refractivity contribution in [1.82, 2.24) is 0 Å². The summed E-state index contributed by atoms with van der Waals surface area (Å²) in [6.45, 7) is 4.38. The van der Waals surface area contributed by atoms with E-state index >= 15 is 0 Å². The zero-order valence-corrected chi connectivity index (χ0v) is 13.3. The fourth-order valence-corrected chi connectivity index (χ4v) is 3.66. The predicted octanol–water partition coefficient (Wildman–Crippen LogP) is 3.64. The Balaban J connectivity index is 2.08. The molecule has 1 unspecified atom stereocenters. The van der Waals surface area contributed by atoms with Crippen LogP contribution in [-0.2, 0) is 4.79 Å². The van der Waals surface area contributed by atoms with E-state index in [9.17, 15) is 4.79 Å². The molecule has 0 saturated heterocycles. The third kappa shape index (κ3) is 4.07. The second kappa shape index (κ2) is 6.61. The number of rotatable bonds is 6. The van der Waals surface area contributed by atoms with Crippen molar-refractivity contribution in [2.75, 3.05) is 0 Å². The van der Waals surface area contributed by atoms with Crippen molar-refractivity contribution >= 4 is 5.91 Å². The van der Waals surface area contributed by atoms with Crippen LogP contribution in [0.3, 0.4) is 0 Å². The minimum absolute atomic E-state index is 0.0105. The zero-order valence-electron chi connectivity index (χ0n) is 13.3. The standard InChI is InChI=1S/C18H28N2O/c1-13(2)14-5-7-15(8-6-14)16(19)11-18(12-17(20)21)9-3-4-10-18/h5-8,13,16H,3-4,9-12,19H2,1-2H3,(H2,20,21). The van der Waals surface area contributed by atoms with Gasteiger partial charge in [0.2, 0.25) is 5.91 Å². The van der Waals surface area contributed by atoms with Gasteiger partial charge in [0.1, 0.15) is 0 Å². The fourth-order valence-electron chi connectivity index (χ4n) is 3.66. The van der Waals surface area contributed by atoms with Gasteiger partial charge in [-0.1, -0.05) is 51.0 Å². The summed E-state index contributed by atoms with van der Waals surface area (Å²) >= 11 is 0. The van der Waals surface area contributed by atoms with Crippen molar-refractivity contribution in [3.63, 3.8) is 0 Å². The number of benzene rings is 1. The molecule has 3 heteroatoms. The minimum atomic E-state index is -0.195. The lowest BCUT2D eigenvalue weighted by atomic mass is 9.76. The first-order chi connectivity index (χ1) is 9.92. The van der Waals surface area contributed by atoms with Crippen LogP contribution < -0.4 is 11.5 Å². The Morgan fingerprint density at radius 3 is 2.14 bits per heavy atom. The van der Waals surface area contributed by atoms with E-state index in [0.717, 1.165) is 24.8 Å². The number of primary amides is 1. The van der Waals surface area contributed by atoms with Crippen LogP contribution in [0.4, 0.5) is 0 Å². The summed E-state index contributed by atoms with van der Waals surface area (Å²) in [7, 11) is 0. The molecule has 4 N–H and O–H groups in total. The van der Waals surface area contributed by atoms with Crippen molar-refractivity contribution < 1.29 is 4.79 Å². The summed E-state index contributed by atoms with van der Waals surface area (Å²) in [5.74, 6) is 0.338. The first-order valence-corrected chi connectivity index (χ1v) is 8.06. The first-order valence-electron chi connectivity index (χ1n) is 8.06. The SMILES string of the molecule is CC(C)c1ccc(C(N)CC2(CC(N)=O)CCCC2)cc1. The van der Waals surface area contributed by atoms with E-state index in [2.05, 4.69) is 38.1 Å². The molecular weight excluding hydrogens is 260 g/mol. The van der Waals surface area contributed by atoms with Crippen LogP contribution in [0.15, 0.2) is 24.3 Å². The summed E-state index contributed by atoms with van der Waals surface area (Å²) in [4.78, 5) is 11.4. The topological polar surface area (TPSA) is 69.1 Å². The molecule has 1 aliphatic carbocycles. The maximum atomic E-state index is 11.4. The Hall–Kier alpha value is -1.35. The Morgan fingerprint density at radius 2 is 1.67 bits per heavy atom. The predicted molar refractivity (Wildman–Crippen MR) is 86.8 cm³/mol. The monoisotopic (exact) mass is 288 g/mol. The number of amides is 1. The van der Waals surface area contributed by atoms with Gasteiger partial charge >= 0.3 is 0 Å². The third-order valence-corrected chi connectivity index (χ3v) is 4.90. The molecule has 0 aromatic heterocycles. The van der Waals surface area contributed by atoms with Gasteiger partial charge in [-0.25, -0.2) is 0 Å². The van der Waals surface area contributed by atoms with Crippen LogP contribution >= 0.6 is 0 Å². The second-order valence-corrected chi connectivity index (χ2v) is 6.98. The van der Waals surface area contributed by atoms with Gasteiger partial charge in [-0.05, 0) is 41.7 Å². The van der Waals surface area contributed by atoms with Gasteiger partial charge in [0, 0.05) is 12.5 Å². The lowest BCUT2D eigenvalue weighted by molar-refractivity contribution is -0.120. The number of nitrogens with two attached hydrogens (primary N) is 2. The van der Waals surface area contributed by atoms with E-state index in [1.54, 1.807) is 0 Å². The molecule has 1 saturated carbocycles. The smallest absolute Gasteiger partial charge is 0.217 e. The molecule has 0 heterocycles. The van der Waals surface area contributed by atoms with E-state index in [0.29, 0.717) is 12.3 Å². The number of hydrogen-bond acceptors (Lipinski definition) is 2. The van der Waals surface area contributed by atoms with Gasteiger partial charge in [0.15, 0.2) is 0 Å². The maximum absolute atomic E-state index is 11.4. The molecule has 1 fully saturated rings. The lowest BCUT2D eigenvalue weighted by Crippen LogP contribution is -2.29. The Morgan fingerprint density at radius 1 is 1.14 bits per heavy atom. The van der Waals surface area contributed by atoms with Crippen LogP contribution in [0.1, 0.15) is 75.5 Å². The van der Waals surface area contributed by atoms with E-state index in [1.807, 2.05) is 0 Å². The zero-order chi connectivity index (χ0) is 15.5. The van der Waals surface area contributed by atoms with Gasteiger partial charge < -0.3 is 11.5 Å². The van der Waals surface area contributed by atoms with Crippen LogP contribution in [0.5, 0.6) is 0 Å². The van der Waals surface area contributed by atoms with E-state index in [1.165, 1.54) is 18.4 Å². The lowest BCUT2D eigenvalue weighted by Gasteiger charge is -2.31. The largest absolute Gasteiger partial charge is 0.370 e. The molecule has 1 aliphatic rings. The molecule has 0 spiro atoms. The maximum Gasteiger partial charge on any atom is 0.217 e. The minimum Gasteiger partial charge on any atom is -0.370 e. The second-order valence-electron chi connectivity index (χ2n) is 6.98. The molecule has 2 rings (SSSR count). The first kappa shape index (κ1) is 16.0. The van der Waals surface area contributed by atoms with Gasteiger partial charge in [-0.15, -0.1) is 0 Å². The van der Waals surface area contributed by atoms with Crippen LogP contribution in [0, 0.1) is 5.41 Å². The van der Waals surface area contributed by atoms with E-state index in [-0.39, 0.29) is 17.4 Å². The summed E-state index contributed by atoms with van der Waals surface area (Å²) in [6, 6.07) is 8.58. The fraction of sp³-hybridized carbons (Fsp3) is 0.611. The van der Waals surface area contributed by atoms with Gasteiger partial charge in [0.25, 0.3) is 0 Å². The van der Waals surface area contributed by atoms with Gasteiger partial charge in [-0.3, -0.25) is 4.79 Å². The molecule has 0 bridgehead atoms. The molecule has 0 aliphatic heterocycles. The molecular formula is C18H28N2O. The molecule has 21 heavy (non-hydrogen) atoms. The van der Waals surface area contributed by atoms with Crippen molar-refractivity contribution in [1.29, 1.82) is 0 Å². The third-order valence-electron chi connectivity index (χ3n) is 4.90. The Kier molecular flexibility index (Phi) is 5.04. The van der Waals surface area contributed by atoms with Crippen LogP contribution in [-0.4, -0.2) is 5.91 Å². The van der Waals surface area contributed by atoms with E-state index < -0.39 is 0 Å². The molecule has 1 atom stereocenters. The van der Waals surface area contributed by atoms with Gasteiger partial charge in [-0.2, -0.15) is 0 Å². The Labute approximate surface area is 128 Å². The highest BCUT2D eigenvalue weighted by Crippen LogP contribution is 2.46. The average Bonchev–Trinajstić information content (AvgIpc) is 2.86. The summed E-state index contributed by atoms with van der Waals surface area (Å²) in [5, 5.41) is 0. The van der Waals surface area contributed by atoms with Crippen molar-refractivity contribution in [3.05, 3.63) is 35.4 Å². The number of hydrogen-bond donors (Lipinski definition) is 2. The molecule has 1 aromatic carbocycles. The summed E-state index contributed by atoms with van der Waals surface area (Å²) < 4.78 is 0. The average molecular weight is 288 g/mol.